The number of thiocarbonyl (C=S) groups is 1. The van der Waals surface area contributed by atoms with E-state index < -0.39 is 5.41 Å². The predicted octanol–water partition coefficient (Wildman–Crippen LogP) is 2.89. The Morgan fingerprint density at radius 1 is 1.31 bits per heavy atom. The topological polar surface area (TPSA) is 52.7 Å². The van der Waals surface area contributed by atoms with Crippen molar-refractivity contribution in [3.05, 3.63) is 28.8 Å². The minimum Gasteiger partial charge on any atom is -0.367 e. The van der Waals surface area contributed by atoms with Crippen molar-refractivity contribution in [1.82, 2.24) is 10.2 Å². The molecule has 26 heavy (non-hydrogen) atoms. The van der Waals surface area contributed by atoms with Crippen LogP contribution in [0.1, 0.15) is 38.7 Å². The Morgan fingerprint density at radius 3 is 2.81 bits per heavy atom. The number of nitrogens with zero attached hydrogens (tertiary/aromatic N) is 2. The second kappa shape index (κ2) is 6.20. The first-order valence-electron chi connectivity index (χ1n) is 9.11. The van der Waals surface area contributed by atoms with Gasteiger partial charge in [0.05, 0.1) is 6.04 Å². The van der Waals surface area contributed by atoms with Crippen LogP contribution in [-0.4, -0.2) is 40.5 Å². The summed E-state index contributed by atoms with van der Waals surface area (Å²) >= 11 is 11.8. The third-order valence-corrected chi connectivity index (χ3v) is 6.54. The van der Waals surface area contributed by atoms with Crippen LogP contribution in [0.5, 0.6) is 0 Å². The molecule has 0 aromatic heterocycles. The van der Waals surface area contributed by atoms with E-state index in [1.165, 1.54) is 0 Å². The average molecular weight is 392 g/mol. The minimum absolute atomic E-state index is 0.114. The normalized spacial score (nSPS) is 28.3. The van der Waals surface area contributed by atoms with Crippen LogP contribution in [0.2, 0.25) is 5.02 Å². The fourth-order valence-electron chi connectivity index (χ4n) is 4.71. The molecule has 5 nitrogen and oxygen atoms in total. The zero-order valence-corrected chi connectivity index (χ0v) is 16.5. The van der Waals surface area contributed by atoms with Crippen LogP contribution >= 0.6 is 23.8 Å². The fraction of sp³-hybridized carbons (Fsp3) is 0.526. The van der Waals surface area contributed by atoms with Crippen LogP contribution < -0.4 is 10.2 Å². The summed E-state index contributed by atoms with van der Waals surface area (Å²) in [4.78, 5) is 30.7. The van der Waals surface area contributed by atoms with Crippen LogP contribution in [0.15, 0.2) is 18.2 Å². The van der Waals surface area contributed by atoms with E-state index in [-0.39, 0.29) is 29.0 Å². The van der Waals surface area contributed by atoms with Gasteiger partial charge < -0.3 is 10.2 Å². The van der Waals surface area contributed by atoms with E-state index in [1.807, 2.05) is 32.0 Å². The number of halogens is 1. The lowest BCUT2D eigenvalue weighted by Gasteiger charge is -2.54. The van der Waals surface area contributed by atoms with Crippen molar-refractivity contribution in [2.24, 2.45) is 5.41 Å². The maximum atomic E-state index is 13.6. The Balaban J connectivity index is 1.91. The molecule has 2 amide bonds. The zero-order chi connectivity index (χ0) is 18.6. The molecule has 138 valence electrons. The molecule has 2 saturated heterocycles. The maximum Gasteiger partial charge on any atom is 0.247 e. The molecule has 7 heteroatoms. The Labute approximate surface area is 163 Å². The average Bonchev–Trinajstić information content (AvgIpc) is 2.60. The van der Waals surface area contributed by atoms with Crippen LogP contribution in [0, 0.1) is 5.41 Å². The molecule has 0 aliphatic carbocycles. The van der Waals surface area contributed by atoms with Crippen molar-refractivity contribution in [2.75, 3.05) is 11.4 Å². The molecule has 1 spiro atoms. The van der Waals surface area contributed by atoms with Gasteiger partial charge in [-0.1, -0.05) is 17.7 Å². The molecule has 0 radical (unpaired) electrons. The first-order chi connectivity index (χ1) is 12.4. The highest BCUT2D eigenvalue weighted by atomic mass is 35.5. The van der Waals surface area contributed by atoms with Gasteiger partial charge in [0.1, 0.15) is 0 Å². The SMILES string of the molecule is CC(C)N1C(=O)[C@]2(Cc3c(Cl)cccc3N3CCCC[C@@H]32)C(=O)NC1=S. The van der Waals surface area contributed by atoms with E-state index >= 15 is 0 Å². The molecular formula is C19H22ClN3O2S. The van der Waals surface area contributed by atoms with Crippen molar-refractivity contribution < 1.29 is 9.59 Å². The quantitative estimate of drug-likeness (QED) is 0.590. The molecule has 1 N–H and O–H groups in total. The number of hydrogen-bond donors (Lipinski definition) is 1. The largest absolute Gasteiger partial charge is 0.367 e. The summed E-state index contributed by atoms with van der Waals surface area (Å²) in [5.41, 5.74) is 0.760. The minimum atomic E-state index is -1.18. The molecule has 0 bridgehead atoms. The maximum absolute atomic E-state index is 13.6. The van der Waals surface area contributed by atoms with Crippen LogP contribution in [0.25, 0.3) is 0 Å². The van der Waals surface area contributed by atoms with Gasteiger partial charge in [0.2, 0.25) is 11.8 Å². The monoisotopic (exact) mass is 391 g/mol. The van der Waals surface area contributed by atoms with Gasteiger partial charge in [-0.05, 0) is 63.0 Å². The number of anilines is 1. The lowest BCUT2D eigenvalue weighted by Crippen LogP contribution is -2.73. The fourth-order valence-corrected chi connectivity index (χ4v) is 5.34. The number of rotatable bonds is 1. The van der Waals surface area contributed by atoms with Gasteiger partial charge in [0.25, 0.3) is 0 Å². The van der Waals surface area contributed by atoms with Gasteiger partial charge in [-0.25, -0.2) is 0 Å². The Bertz CT molecular complexity index is 812. The van der Waals surface area contributed by atoms with E-state index in [0.29, 0.717) is 11.4 Å². The molecule has 0 saturated carbocycles. The molecule has 2 fully saturated rings. The van der Waals surface area contributed by atoms with Crippen LogP contribution in [0.3, 0.4) is 0 Å². The van der Waals surface area contributed by atoms with Crippen molar-refractivity contribution in [2.45, 2.75) is 51.6 Å². The molecule has 4 rings (SSSR count). The summed E-state index contributed by atoms with van der Waals surface area (Å²) in [5.74, 6) is -0.476. The molecular weight excluding hydrogens is 370 g/mol. The molecule has 2 atom stereocenters. The summed E-state index contributed by atoms with van der Waals surface area (Å²) in [7, 11) is 0. The van der Waals surface area contributed by atoms with Gasteiger partial charge >= 0.3 is 0 Å². The number of carbonyl (C=O) groups is 2. The van der Waals surface area contributed by atoms with Crippen LogP contribution in [-0.2, 0) is 16.0 Å². The van der Waals surface area contributed by atoms with Gasteiger partial charge in [-0.15, -0.1) is 0 Å². The summed E-state index contributed by atoms with van der Waals surface area (Å²) in [6.07, 6.45) is 3.18. The van der Waals surface area contributed by atoms with Crippen molar-refractivity contribution in [3.63, 3.8) is 0 Å². The van der Waals surface area contributed by atoms with E-state index in [2.05, 4.69) is 10.2 Å². The van der Waals surface area contributed by atoms with E-state index in [0.717, 1.165) is 37.1 Å². The van der Waals surface area contributed by atoms with Crippen molar-refractivity contribution in [3.8, 4) is 0 Å². The summed E-state index contributed by atoms with van der Waals surface area (Å²) in [6, 6.07) is 5.52. The van der Waals surface area contributed by atoms with Gasteiger partial charge in [0.15, 0.2) is 10.5 Å². The molecule has 1 aromatic rings. The summed E-state index contributed by atoms with van der Waals surface area (Å²) < 4.78 is 0. The van der Waals surface area contributed by atoms with Gasteiger partial charge in [-0.2, -0.15) is 0 Å². The standard InChI is InChI=1S/C19H22ClN3O2S/c1-11(2)23-17(25)19(16(24)21-18(23)26)10-12-13(20)6-5-7-14(12)22-9-4-3-8-15(19)22/h5-7,11,15H,3-4,8-10H2,1-2H3,(H,21,24,26)/t15-,19+/m1/s1. The third kappa shape index (κ3) is 2.31. The first kappa shape index (κ1) is 17.7. The van der Waals surface area contributed by atoms with E-state index in [9.17, 15) is 9.59 Å². The lowest BCUT2D eigenvalue weighted by atomic mass is 9.66. The first-order valence-corrected chi connectivity index (χ1v) is 9.89. The summed E-state index contributed by atoms with van der Waals surface area (Å²) in [6.45, 7) is 4.65. The van der Waals surface area contributed by atoms with Crippen molar-refractivity contribution in [1.29, 1.82) is 0 Å². The number of piperidine rings is 1. The number of carbonyl (C=O) groups excluding carboxylic acids is 2. The van der Waals surface area contributed by atoms with E-state index in [1.54, 1.807) is 4.90 Å². The highest BCUT2D eigenvalue weighted by Crippen LogP contribution is 2.49. The van der Waals surface area contributed by atoms with Gasteiger partial charge in [0, 0.05) is 29.7 Å². The predicted molar refractivity (Wildman–Crippen MR) is 105 cm³/mol. The molecule has 0 unspecified atom stereocenters. The molecule has 3 aliphatic rings. The smallest absolute Gasteiger partial charge is 0.247 e. The Kier molecular flexibility index (Phi) is 4.23. The molecule has 1 aromatic carbocycles. The van der Waals surface area contributed by atoms with Crippen LogP contribution in [0.4, 0.5) is 5.69 Å². The highest BCUT2D eigenvalue weighted by molar-refractivity contribution is 7.80. The van der Waals surface area contributed by atoms with Crippen molar-refractivity contribution >= 4 is 46.4 Å². The molecule has 3 aliphatic heterocycles. The Hall–Kier alpha value is -1.66. The van der Waals surface area contributed by atoms with Gasteiger partial charge in [-0.3, -0.25) is 14.5 Å². The number of fused-ring (bicyclic) bond motifs is 4. The third-order valence-electron chi connectivity index (χ3n) is 5.89. The Morgan fingerprint density at radius 2 is 2.08 bits per heavy atom. The second-order valence-electron chi connectivity index (χ2n) is 7.62. The number of benzene rings is 1. The lowest BCUT2D eigenvalue weighted by molar-refractivity contribution is -0.153. The van der Waals surface area contributed by atoms with E-state index in [4.69, 9.17) is 23.8 Å². The summed E-state index contributed by atoms with van der Waals surface area (Å²) in [5, 5.41) is 3.62. The molecule has 3 heterocycles. The number of nitrogens with one attached hydrogen (secondary N) is 1. The number of hydrogen-bond acceptors (Lipinski definition) is 4. The number of amides is 2. The highest BCUT2D eigenvalue weighted by Gasteiger charge is 2.61. The zero-order valence-electron chi connectivity index (χ0n) is 14.9. The second-order valence-corrected chi connectivity index (χ2v) is 8.41.